The van der Waals surface area contributed by atoms with Crippen LogP contribution in [0.15, 0.2) is 41.3 Å². The third-order valence-corrected chi connectivity index (χ3v) is 4.59. The van der Waals surface area contributed by atoms with E-state index in [0.717, 1.165) is 5.56 Å². The SMILES string of the molecule is COC(=O)OC[C@@H]1C[C@@H](OC(C)=O)[C@H](n2cc(Cc3ccccc3)c(N)nc2=O)O1. The first-order valence-electron chi connectivity index (χ1n) is 9.32. The fourth-order valence-electron chi connectivity index (χ4n) is 3.26. The molecule has 3 rings (SSSR count). The lowest BCUT2D eigenvalue weighted by Gasteiger charge is -2.21. The fourth-order valence-corrected chi connectivity index (χ4v) is 3.26. The summed E-state index contributed by atoms with van der Waals surface area (Å²) >= 11 is 0. The molecule has 30 heavy (non-hydrogen) atoms. The first-order chi connectivity index (χ1) is 14.4. The molecular formula is C20H23N3O7. The Bertz CT molecular complexity index is 961. The number of rotatable bonds is 6. The number of hydrogen-bond acceptors (Lipinski definition) is 9. The molecule has 0 saturated carbocycles. The van der Waals surface area contributed by atoms with Crippen LogP contribution in [0.4, 0.5) is 10.6 Å². The van der Waals surface area contributed by atoms with Crippen LogP contribution in [-0.4, -0.2) is 47.6 Å². The summed E-state index contributed by atoms with van der Waals surface area (Å²) in [5.74, 6) is -0.406. The molecule has 1 aliphatic heterocycles. The van der Waals surface area contributed by atoms with Crippen molar-refractivity contribution in [3.05, 3.63) is 58.1 Å². The minimum absolute atomic E-state index is 0.116. The predicted octanol–water partition coefficient (Wildman–Crippen LogP) is 1.42. The average molecular weight is 417 g/mol. The van der Waals surface area contributed by atoms with Gasteiger partial charge in [-0.15, -0.1) is 0 Å². The molecule has 0 amide bonds. The zero-order valence-electron chi connectivity index (χ0n) is 16.6. The number of methoxy groups -OCH3 is 1. The van der Waals surface area contributed by atoms with E-state index >= 15 is 0 Å². The number of aromatic nitrogens is 2. The van der Waals surface area contributed by atoms with Gasteiger partial charge in [-0.25, -0.2) is 9.59 Å². The van der Waals surface area contributed by atoms with Crippen molar-refractivity contribution in [3.8, 4) is 0 Å². The van der Waals surface area contributed by atoms with Gasteiger partial charge in [-0.05, 0) is 5.56 Å². The molecule has 10 nitrogen and oxygen atoms in total. The summed E-state index contributed by atoms with van der Waals surface area (Å²) in [5.41, 5.74) is 6.93. The van der Waals surface area contributed by atoms with Gasteiger partial charge in [0.15, 0.2) is 6.23 Å². The van der Waals surface area contributed by atoms with E-state index in [9.17, 15) is 14.4 Å². The first kappa shape index (κ1) is 21.3. The van der Waals surface area contributed by atoms with Gasteiger partial charge in [0.1, 0.15) is 18.5 Å². The van der Waals surface area contributed by atoms with Crippen LogP contribution >= 0.6 is 0 Å². The number of carbonyl (C=O) groups excluding carboxylic acids is 2. The van der Waals surface area contributed by atoms with Crippen LogP contribution in [0.5, 0.6) is 0 Å². The highest BCUT2D eigenvalue weighted by Gasteiger charge is 2.40. The Morgan fingerprint density at radius 3 is 2.70 bits per heavy atom. The van der Waals surface area contributed by atoms with Gasteiger partial charge in [-0.1, -0.05) is 30.3 Å². The third-order valence-electron chi connectivity index (χ3n) is 4.59. The summed E-state index contributed by atoms with van der Waals surface area (Å²) in [6, 6.07) is 9.57. The summed E-state index contributed by atoms with van der Waals surface area (Å²) < 4.78 is 21.8. The van der Waals surface area contributed by atoms with Crippen LogP contribution in [0.2, 0.25) is 0 Å². The van der Waals surface area contributed by atoms with Crippen molar-refractivity contribution < 1.29 is 28.5 Å². The van der Waals surface area contributed by atoms with Crippen molar-refractivity contribution in [2.75, 3.05) is 19.5 Å². The number of nitrogens with two attached hydrogens (primary N) is 1. The van der Waals surface area contributed by atoms with Crippen molar-refractivity contribution in [2.45, 2.75) is 38.2 Å². The molecular weight excluding hydrogens is 394 g/mol. The molecule has 2 aromatic rings. The molecule has 0 aliphatic carbocycles. The molecule has 1 fully saturated rings. The number of anilines is 1. The van der Waals surface area contributed by atoms with E-state index < -0.39 is 36.3 Å². The van der Waals surface area contributed by atoms with Gasteiger partial charge in [0.25, 0.3) is 0 Å². The Kier molecular flexibility index (Phi) is 6.68. The fraction of sp³-hybridized carbons (Fsp3) is 0.400. The number of carbonyl (C=O) groups is 2. The summed E-state index contributed by atoms with van der Waals surface area (Å²) in [6.45, 7) is 1.15. The molecule has 1 aliphatic rings. The molecule has 10 heteroatoms. The number of hydrogen-bond donors (Lipinski definition) is 1. The lowest BCUT2D eigenvalue weighted by molar-refractivity contribution is -0.152. The largest absolute Gasteiger partial charge is 0.508 e. The van der Waals surface area contributed by atoms with Crippen molar-refractivity contribution in [1.82, 2.24) is 9.55 Å². The summed E-state index contributed by atoms with van der Waals surface area (Å²) in [4.78, 5) is 39.2. The van der Waals surface area contributed by atoms with E-state index in [1.54, 1.807) is 6.20 Å². The van der Waals surface area contributed by atoms with E-state index in [1.165, 1.54) is 18.6 Å². The standard InChI is InChI=1S/C20H23N3O7/c1-12(24)29-16-9-15(11-28-20(26)27-2)30-18(16)23-10-14(17(21)22-19(23)25)8-13-6-4-3-5-7-13/h3-7,10,15-16,18H,8-9,11H2,1-2H3,(H2,21,22,25)/t15-,16+,18+/m0/s1. The molecule has 0 spiro atoms. The lowest BCUT2D eigenvalue weighted by atomic mass is 10.1. The third kappa shape index (κ3) is 5.15. The number of benzene rings is 1. The molecule has 160 valence electrons. The summed E-state index contributed by atoms with van der Waals surface area (Å²) in [5, 5.41) is 0. The maximum Gasteiger partial charge on any atom is 0.508 e. The van der Waals surface area contributed by atoms with Crippen molar-refractivity contribution in [3.63, 3.8) is 0 Å². The average Bonchev–Trinajstić information content (AvgIpc) is 3.10. The zero-order valence-corrected chi connectivity index (χ0v) is 16.6. The van der Waals surface area contributed by atoms with Gasteiger partial charge in [-0.3, -0.25) is 9.36 Å². The molecule has 0 unspecified atom stereocenters. The number of nitrogen functional groups attached to an aromatic ring is 1. The highest BCUT2D eigenvalue weighted by molar-refractivity contribution is 5.66. The summed E-state index contributed by atoms with van der Waals surface area (Å²) in [7, 11) is 1.19. The molecule has 2 N–H and O–H groups in total. The molecule has 2 heterocycles. The smallest absolute Gasteiger partial charge is 0.458 e. The van der Waals surface area contributed by atoms with Gasteiger partial charge in [-0.2, -0.15) is 4.98 Å². The van der Waals surface area contributed by atoms with Crippen LogP contribution in [0.1, 0.15) is 30.7 Å². The van der Waals surface area contributed by atoms with Gasteiger partial charge in [0.2, 0.25) is 0 Å². The number of nitrogens with zero attached hydrogens (tertiary/aromatic N) is 2. The zero-order chi connectivity index (χ0) is 21.7. The van der Waals surface area contributed by atoms with Crippen LogP contribution in [0.25, 0.3) is 0 Å². The van der Waals surface area contributed by atoms with Gasteiger partial charge >= 0.3 is 17.8 Å². The minimum atomic E-state index is -0.935. The maximum atomic E-state index is 12.5. The van der Waals surface area contributed by atoms with Crippen molar-refractivity contribution >= 4 is 17.9 Å². The highest BCUT2D eigenvalue weighted by atomic mass is 16.7. The van der Waals surface area contributed by atoms with Crippen LogP contribution in [0.3, 0.4) is 0 Å². The molecule has 3 atom stereocenters. The van der Waals surface area contributed by atoms with Crippen molar-refractivity contribution in [2.24, 2.45) is 0 Å². The maximum absolute atomic E-state index is 12.5. The molecule has 1 aromatic heterocycles. The Morgan fingerprint density at radius 2 is 2.03 bits per heavy atom. The second-order valence-corrected chi connectivity index (χ2v) is 6.80. The second-order valence-electron chi connectivity index (χ2n) is 6.80. The van der Waals surface area contributed by atoms with Crippen LogP contribution < -0.4 is 11.4 Å². The Balaban J connectivity index is 1.86. The lowest BCUT2D eigenvalue weighted by Crippen LogP contribution is -2.34. The van der Waals surface area contributed by atoms with Crippen molar-refractivity contribution in [1.29, 1.82) is 0 Å². The van der Waals surface area contributed by atoms with Crippen LogP contribution in [-0.2, 0) is 30.2 Å². The highest BCUT2D eigenvalue weighted by Crippen LogP contribution is 2.31. The predicted molar refractivity (Wildman–Crippen MR) is 105 cm³/mol. The monoisotopic (exact) mass is 417 g/mol. The second kappa shape index (κ2) is 9.40. The topological polar surface area (TPSA) is 132 Å². The Labute approximate surface area is 172 Å². The van der Waals surface area contributed by atoms with Gasteiger partial charge in [0.05, 0.1) is 13.2 Å². The number of esters is 1. The normalized spacial score (nSPS) is 20.5. The van der Waals surface area contributed by atoms with E-state index in [1.807, 2.05) is 30.3 Å². The molecule has 1 saturated heterocycles. The quantitative estimate of drug-likeness (QED) is 0.693. The van der Waals surface area contributed by atoms with E-state index in [0.29, 0.717) is 12.0 Å². The number of ether oxygens (including phenoxy) is 4. The van der Waals surface area contributed by atoms with Gasteiger partial charge < -0.3 is 24.7 Å². The Morgan fingerprint density at radius 1 is 1.30 bits per heavy atom. The minimum Gasteiger partial charge on any atom is -0.458 e. The van der Waals surface area contributed by atoms with Gasteiger partial charge in [0, 0.05) is 31.5 Å². The van der Waals surface area contributed by atoms with E-state index in [2.05, 4.69) is 9.72 Å². The molecule has 0 bridgehead atoms. The van der Waals surface area contributed by atoms with E-state index in [4.69, 9.17) is 19.9 Å². The Hall–Kier alpha value is -3.40. The first-order valence-corrected chi connectivity index (χ1v) is 9.32. The molecule has 0 radical (unpaired) electrons. The van der Waals surface area contributed by atoms with Crippen LogP contribution in [0, 0.1) is 0 Å². The summed E-state index contributed by atoms with van der Waals surface area (Å²) in [6.07, 6.45) is -0.909. The van der Waals surface area contributed by atoms with E-state index in [-0.39, 0.29) is 18.8 Å². The molecule has 1 aromatic carbocycles.